The van der Waals surface area contributed by atoms with Crippen molar-refractivity contribution in [3.05, 3.63) is 210 Å². The van der Waals surface area contributed by atoms with Gasteiger partial charge in [0.2, 0.25) is 0 Å². The first-order valence-corrected chi connectivity index (χ1v) is 20.3. The molecular weight excluding hydrogens is 713 g/mol. The zero-order valence-electron chi connectivity index (χ0n) is 31.8. The average Bonchev–Trinajstić information content (AvgIpc) is 3.69. The fourth-order valence-electron chi connectivity index (χ4n) is 7.47. The van der Waals surface area contributed by atoms with E-state index in [0.29, 0.717) is 0 Å². The van der Waals surface area contributed by atoms with Crippen LogP contribution in [0.1, 0.15) is 36.0 Å². The highest BCUT2D eigenvalue weighted by Gasteiger charge is 2.28. The Kier molecular flexibility index (Phi) is 10.0. The molecule has 0 amide bonds. The topological polar surface area (TPSA) is 50.2 Å². The van der Waals surface area contributed by atoms with Crippen LogP contribution >= 0.6 is 11.3 Å². The van der Waals surface area contributed by atoms with Gasteiger partial charge in [-0.1, -0.05) is 153 Å². The molecule has 0 saturated carbocycles. The van der Waals surface area contributed by atoms with Gasteiger partial charge in [-0.3, -0.25) is 15.0 Å². The van der Waals surface area contributed by atoms with E-state index in [1.54, 1.807) is 0 Å². The fourth-order valence-corrected chi connectivity index (χ4v) is 8.79. The molecule has 1 atom stereocenters. The second-order valence-electron chi connectivity index (χ2n) is 13.7. The van der Waals surface area contributed by atoms with Crippen LogP contribution in [0.15, 0.2) is 199 Å². The third-order valence-electron chi connectivity index (χ3n) is 10.2. The lowest BCUT2D eigenvalue weighted by Crippen LogP contribution is -2.19. The molecule has 4 nitrogen and oxygen atoms in total. The Morgan fingerprint density at radius 2 is 0.982 bits per heavy atom. The molecule has 5 heteroatoms. The third-order valence-corrected chi connectivity index (χ3v) is 11.5. The monoisotopic (exact) mass is 752 g/mol. The molecule has 1 aliphatic rings. The Morgan fingerprint density at radius 3 is 1.53 bits per heavy atom. The molecule has 1 aliphatic heterocycles. The van der Waals surface area contributed by atoms with Gasteiger partial charge in [0.25, 0.3) is 0 Å². The first-order valence-electron chi connectivity index (χ1n) is 19.4. The van der Waals surface area contributed by atoms with Crippen LogP contribution in [0.3, 0.4) is 0 Å². The molecule has 0 saturated heterocycles. The van der Waals surface area contributed by atoms with E-state index < -0.39 is 0 Å². The van der Waals surface area contributed by atoms with E-state index in [1.807, 2.05) is 74.0 Å². The summed E-state index contributed by atoms with van der Waals surface area (Å²) in [6, 6.07) is 64.2. The summed E-state index contributed by atoms with van der Waals surface area (Å²) in [5.41, 5.74) is 15.4. The molecule has 0 fully saturated rings. The molecule has 57 heavy (non-hydrogen) atoms. The highest BCUT2D eigenvalue weighted by Crippen LogP contribution is 2.46. The number of aliphatic imine (C=N–C) groups is 1. The molecule has 0 bridgehead atoms. The van der Waals surface area contributed by atoms with Crippen LogP contribution in [0, 0.1) is 0 Å². The summed E-state index contributed by atoms with van der Waals surface area (Å²) in [7, 11) is 0. The van der Waals surface area contributed by atoms with Gasteiger partial charge < -0.3 is 5.32 Å². The number of pyridine rings is 2. The summed E-state index contributed by atoms with van der Waals surface area (Å²) in [6.45, 7) is 4.00. The first-order chi connectivity index (χ1) is 28.2. The van der Waals surface area contributed by atoms with Crippen molar-refractivity contribution in [3.63, 3.8) is 0 Å². The number of hydrogen-bond acceptors (Lipinski definition) is 5. The van der Waals surface area contributed by atoms with Crippen LogP contribution in [0.4, 0.5) is 5.69 Å². The van der Waals surface area contributed by atoms with Gasteiger partial charge in [-0.2, -0.15) is 0 Å². The summed E-state index contributed by atoms with van der Waals surface area (Å²) in [5.74, 6) is 0. The first kappa shape index (κ1) is 35.7. The van der Waals surface area contributed by atoms with Gasteiger partial charge in [0.15, 0.2) is 0 Å². The zero-order valence-corrected chi connectivity index (χ0v) is 32.6. The van der Waals surface area contributed by atoms with Crippen LogP contribution in [0.5, 0.6) is 0 Å². The van der Waals surface area contributed by atoms with E-state index in [-0.39, 0.29) is 6.17 Å². The van der Waals surface area contributed by atoms with Crippen LogP contribution in [-0.4, -0.2) is 15.7 Å². The lowest BCUT2D eigenvalue weighted by molar-refractivity contribution is 0.833. The van der Waals surface area contributed by atoms with Crippen molar-refractivity contribution in [2.75, 3.05) is 5.32 Å². The Morgan fingerprint density at radius 1 is 0.456 bits per heavy atom. The van der Waals surface area contributed by atoms with Gasteiger partial charge in [-0.15, -0.1) is 11.3 Å². The molecule has 274 valence electrons. The summed E-state index contributed by atoms with van der Waals surface area (Å²) in [5, 5.41) is 5.15. The number of anilines is 1. The maximum Gasteiger partial charge on any atom is 0.145 e. The highest BCUT2D eigenvalue weighted by atomic mass is 32.1. The van der Waals surface area contributed by atoms with Crippen LogP contribution < -0.4 is 5.32 Å². The van der Waals surface area contributed by atoms with Crippen LogP contribution in [-0.2, 0) is 0 Å². The molecule has 0 aliphatic carbocycles. The summed E-state index contributed by atoms with van der Waals surface area (Å²) < 4.78 is 1.26. The second kappa shape index (κ2) is 16.0. The van der Waals surface area contributed by atoms with Gasteiger partial charge >= 0.3 is 0 Å². The predicted octanol–water partition coefficient (Wildman–Crippen LogP) is 14.0. The molecule has 0 spiro atoms. The second-order valence-corrected chi connectivity index (χ2v) is 14.7. The molecule has 10 rings (SSSR count). The summed E-state index contributed by atoms with van der Waals surface area (Å²) >= 11 is 1.82. The maximum atomic E-state index is 5.54. The normalized spacial score (nSPS) is 13.2. The summed E-state index contributed by atoms with van der Waals surface area (Å²) in [4.78, 5) is 15.8. The number of fused-ring (bicyclic) bond motifs is 3. The quantitative estimate of drug-likeness (QED) is 0.176. The Labute approximate surface area is 337 Å². The summed E-state index contributed by atoms with van der Waals surface area (Å²) in [6.07, 6.45) is 3.36. The number of nitrogens with zero attached hydrogens (tertiary/aromatic N) is 3. The van der Waals surface area contributed by atoms with Crippen molar-refractivity contribution in [2.24, 2.45) is 4.99 Å². The molecule has 1 N–H and O–H groups in total. The Balaban J connectivity index is 0.00000208. The van der Waals surface area contributed by atoms with Crippen molar-refractivity contribution < 1.29 is 0 Å². The molecule has 4 heterocycles. The number of thiophene rings is 1. The number of nitrogens with one attached hydrogen (secondary N) is 1. The predicted molar refractivity (Wildman–Crippen MR) is 241 cm³/mol. The number of aromatic nitrogens is 2. The van der Waals surface area contributed by atoms with Crippen molar-refractivity contribution >= 4 is 32.8 Å². The van der Waals surface area contributed by atoms with Gasteiger partial charge in [0, 0.05) is 39.2 Å². The van der Waals surface area contributed by atoms with E-state index in [0.717, 1.165) is 72.2 Å². The van der Waals surface area contributed by atoms with E-state index in [4.69, 9.17) is 4.99 Å². The minimum Gasteiger partial charge on any atom is -0.358 e. The molecule has 3 aromatic heterocycles. The standard InChI is InChI=1S/C50H34N4S.C2H6/c1-3-12-35(13-4-1)42-16-11-17-43-47-49(55-48(42)43)46(38-14-5-2-6-15-38)53-50(54-47)41-31-39(33-20-24-36(25-21-33)44-18-7-9-28-51-44)30-40(32-41)34-22-26-37(27-23-34)45-19-8-10-29-52-45;1-2/h1-32,50,54H;1-2H3. The van der Waals surface area contributed by atoms with Crippen molar-refractivity contribution in [1.82, 2.24) is 9.97 Å². The molecular formula is C52H40N4S. The number of rotatable bonds is 7. The fraction of sp³-hybridized carbons (Fsp3) is 0.0577. The van der Waals surface area contributed by atoms with E-state index in [1.165, 1.54) is 21.2 Å². The molecule has 1 unspecified atom stereocenters. The Bertz CT molecular complexity index is 2700. The van der Waals surface area contributed by atoms with E-state index in [9.17, 15) is 0 Å². The smallest absolute Gasteiger partial charge is 0.145 e. The van der Waals surface area contributed by atoms with Gasteiger partial charge in [-0.05, 0) is 81.4 Å². The maximum absolute atomic E-state index is 5.54. The number of hydrogen-bond donors (Lipinski definition) is 1. The largest absolute Gasteiger partial charge is 0.358 e. The van der Waals surface area contributed by atoms with E-state index >= 15 is 0 Å². The SMILES string of the molecule is CC.c1ccc(C2=NC(c3cc(-c4ccc(-c5ccccn5)cc4)cc(-c4ccc(-c5ccccn5)cc4)c3)Nc3c2sc2c(-c4ccccc4)cccc32)cc1. The van der Waals surface area contributed by atoms with Crippen molar-refractivity contribution in [3.8, 4) is 55.9 Å². The third kappa shape index (κ3) is 7.17. The lowest BCUT2D eigenvalue weighted by Gasteiger charge is -2.25. The Hall–Kier alpha value is -6.95. The van der Waals surface area contributed by atoms with Crippen LogP contribution in [0.2, 0.25) is 0 Å². The zero-order chi connectivity index (χ0) is 38.6. The lowest BCUT2D eigenvalue weighted by atomic mass is 9.93. The van der Waals surface area contributed by atoms with Crippen molar-refractivity contribution in [2.45, 2.75) is 20.0 Å². The molecule has 9 aromatic rings. The average molecular weight is 753 g/mol. The van der Waals surface area contributed by atoms with Crippen molar-refractivity contribution in [1.29, 1.82) is 0 Å². The van der Waals surface area contributed by atoms with Gasteiger partial charge in [-0.25, -0.2) is 0 Å². The highest BCUT2D eigenvalue weighted by molar-refractivity contribution is 7.22. The number of benzene rings is 6. The minimum atomic E-state index is -0.319. The van der Waals surface area contributed by atoms with Gasteiger partial charge in [0.1, 0.15) is 6.17 Å². The molecule has 0 radical (unpaired) electrons. The van der Waals surface area contributed by atoms with E-state index in [2.05, 4.69) is 161 Å². The van der Waals surface area contributed by atoms with Crippen LogP contribution in [0.25, 0.3) is 66.0 Å². The molecule has 6 aromatic carbocycles. The van der Waals surface area contributed by atoms with Gasteiger partial charge in [0.05, 0.1) is 27.7 Å². The minimum absolute atomic E-state index is 0.319.